The first-order chi connectivity index (χ1) is 8.58. The van der Waals surface area contributed by atoms with Gasteiger partial charge >= 0.3 is 0 Å². The van der Waals surface area contributed by atoms with Gasteiger partial charge in [-0.25, -0.2) is 0 Å². The Labute approximate surface area is 113 Å². The maximum absolute atomic E-state index is 12.5. The van der Waals surface area contributed by atoms with Crippen molar-refractivity contribution in [3.05, 3.63) is 28.3 Å². The smallest absolute Gasteiger partial charge is 0.230 e. The van der Waals surface area contributed by atoms with Gasteiger partial charge in [0, 0.05) is 23.2 Å². The maximum atomic E-state index is 12.5. The summed E-state index contributed by atoms with van der Waals surface area (Å²) < 4.78 is 0. The Morgan fingerprint density at radius 1 is 1.44 bits per heavy atom. The van der Waals surface area contributed by atoms with Crippen molar-refractivity contribution in [2.45, 2.75) is 33.1 Å². The van der Waals surface area contributed by atoms with E-state index in [0.29, 0.717) is 11.8 Å². The number of benzene rings is 1. The van der Waals surface area contributed by atoms with E-state index in [1.165, 1.54) is 5.56 Å². The number of amides is 1. The van der Waals surface area contributed by atoms with Gasteiger partial charge in [-0.3, -0.25) is 4.79 Å². The predicted molar refractivity (Wildman–Crippen MR) is 74.1 cm³/mol. The summed E-state index contributed by atoms with van der Waals surface area (Å²) in [6, 6.07) is 3.97. The number of rotatable bonds is 1. The van der Waals surface area contributed by atoms with Crippen molar-refractivity contribution in [3.63, 3.8) is 0 Å². The minimum absolute atomic E-state index is 0.256. The Balaban J connectivity index is 1.98. The van der Waals surface area contributed by atoms with Crippen molar-refractivity contribution in [1.29, 1.82) is 0 Å². The van der Waals surface area contributed by atoms with Crippen LogP contribution in [0.15, 0.2) is 12.1 Å². The molecule has 0 radical (unpaired) electrons. The molecule has 3 heteroatoms. The van der Waals surface area contributed by atoms with Crippen LogP contribution in [0.4, 0.5) is 5.69 Å². The minimum Gasteiger partial charge on any atom is -0.312 e. The van der Waals surface area contributed by atoms with E-state index >= 15 is 0 Å². The number of halogens is 1. The van der Waals surface area contributed by atoms with Crippen LogP contribution in [0.25, 0.3) is 0 Å². The number of fused-ring (bicyclic) bond motifs is 1. The van der Waals surface area contributed by atoms with E-state index < -0.39 is 0 Å². The number of hydrogen-bond acceptors (Lipinski definition) is 1. The molecule has 1 heterocycles. The van der Waals surface area contributed by atoms with Crippen LogP contribution in [0.1, 0.15) is 30.9 Å². The van der Waals surface area contributed by atoms with Gasteiger partial charge in [0.1, 0.15) is 0 Å². The van der Waals surface area contributed by atoms with E-state index in [-0.39, 0.29) is 5.92 Å². The summed E-state index contributed by atoms with van der Waals surface area (Å²) in [6.45, 7) is 5.06. The molecule has 0 saturated heterocycles. The second-order valence-electron chi connectivity index (χ2n) is 5.64. The van der Waals surface area contributed by atoms with E-state index in [1.807, 2.05) is 24.0 Å². The topological polar surface area (TPSA) is 20.3 Å². The summed E-state index contributed by atoms with van der Waals surface area (Å²) >= 11 is 6.10. The Morgan fingerprint density at radius 2 is 2.17 bits per heavy atom. The third kappa shape index (κ3) is 1.93. The van der Waals surface area contributed by atoms with E-state index in [2.05, 4.69) is 6.92 Å². The molecule has 1 amide bonds. The van der Waals surface area contributed by atoms with Crippen LogP contribution in [0, 0.1) is 18.8 Å². The van der Waals surface area contributed by atoms with E-state index in [1.54, 1.807) is 0 Å². The molecule has 1 saturated carbocycles. The van der Waals surface area contributed by atoms with Gasteiger partial charge in [-0.1, -0.05) is 18.5 Å². The molecular formula is C15H18ClNO. The van der Waals surface area contributed by atoms with E-state index in [0.717, 1.165) is 42.1 Å². The fraction of sp³-hybridized carbons (Fsp3) is 0.533. The number of aryl methyl sites for hydroxylation is 2. The molecule has 96 valence electrons. The van der Waals surface area contributed by atoms with Crippen molar-refractivity contribution in [3.8, 4) is 0 Å². The first-order valence-corrected chi connectivity index (χ1v) is 7.06. The van der Waals surface area contributed by atoms with Crippen molar-refractivity contribution >= 4 is 23.2 Å². The molecule has 1 fully saturated rings. The molecule has 1 aromatic rings. The molecule has 3 rings (SSSR count). The molecule has 2 aliphatic rings. The van der Waals surface area contributed by atoms with Crippen molar-refractivity contribution in [1.82, 2.24) is 0 Å². The minimum atomic E-state index is 0.256. The average Bonchev–Trinajstić information content (AvgIpc) is 3.04. The highest BCUT2D eigenvalue weighted by atomic mass is 35.5. The lowest BCUT2D eigenvalue weighted by molar-refractivity contribution is -0.120. The highest BCUT2D eigenvalue weighted by molar-refractivity contribution is 6.30. The second kappa shape index (κ2) is 4.27. The molecular weight excluding hydrogens is 246 g/mol. The highest BCUT2D eigenvalue weighted by Gasteiger charge is 2.42. The quantitative estimate of drug-likeness (QED) is 0.758. The summed E-state index contributed by atoms with van der Waals surface area (Å²) in [5.41, 5.74) is 3.47. The molecule has 18 heavy (non-hydrogen) atoms. The zero-order chi connectivity index (χ0) is 12.9. The fourth-order valence-corrected chi connectivity index (χ4v) is 3.30. The number of hydrogen-bond donors (Lipinski definition) is 0. The summed E-state index contributed by atoms with van der Waals surface area (Å²) in [7, 11) is 0. The predicted octanol–water partition coefficient (Wildman–Crippen LogP) is 3.58. The Kier molecular flexibility index (Phi) is 2.86. The Hall–Kier alpha value is -1.02. The normalized spacial score (nSPS) is 25.8. The monoisotopic (exact) mass is 263 g/mol. The molecule has 2 unspecified atom stereocenters. The van der Waals surface area contributed by atoms with Gasteiger partial charge in [0.05, 0.1) is 0 Å². The first kappa shape index (κ1) is 12.0. The number of carbonyl (C=O) groups is 1. The summed E-state index contributed by atoms with van der Waals surface area (Å²) in [5.74, 6) is 1.13. The van der Waals surface area contributed by atoms with Gasteiger partial charge in [0.25, 0.3) is 0 Å². The van der Waals surface area contributed by atoms with Crippen LogP contribution in [-0.4, -0.2) is 12.5 Å². The maximum Gasteiger partial charge on any atom is 0.230 e. The largest absolute Gasteiger partial charge is 0.312 e. The summed E-state index contributed by atoms with van der Waals surface area (Å²) in [4.78, 5) is 14.5. The molecule has 1 aliphatic heterocycles. The molecule has 0 aromatic heterocycles. The van der Waals surface area contributed by atoms with Crippen molar-refractivity contribution in [2.24, 2.45) is 11.8 Å². The Bertz CT molecular complexity index is 511. The van der Waals surface area contributed by atoms with Gasteiger partial charge in [0.15, 0.2) is 0 Å². The van der Waals surface area contributed by atoms with Crippen LogP contribution in [-0.2, 0) is 11.2 Å². The van der Waals surface area contributed by atoms with Crippen molar-refractivity contribution < 1.29 is 4.79 Å². The lowest BCUT2D eigenvalue weighted by Gasteiger charge is -2.31. The van der Waals surface area contributed by atoms with Crippen molar-refractivity contribution in [2.75, 3.05) is 11.4 Å². The molecule has 0 bridgehead atoms. The second-order valence-corrected chi connectivity index (χ2v) is 6.08. The van der Waals surface area contributed by atoms with Gasteiger partial charge in [-0.15, -0.1) is 0 Å². The third-order valence-electron chi connectivity index (χ3n) is 4.13. The molecule has 0 N–H and O–H groups in total. The van der Waals surface area contributed by atoms with Crippen LogP contribution >= 0.6 is 11.6 Å². The lowest BCUT2D eigenvalue weighted by atomic mass is 9.97. The van der Waals surface area contributed by atoms with Gasteiger partial charge in [-0.05, 0) is 55.4 Å². The zero-order valence-corrected chi connectivity index (χ0v) is 11.6. The molecule has 2 atom stereocenters. The van der Waals surface area contributed by atoms with Crippen LogP contribution < -0.4 is 4.90 Å². The van der Waals surface area contributed by atoms with Gasteiger partial charge in [0.2, 0.25) is 5.91 Å². The molecule has 1 aliphatic carbocycles. The number of carbonyl (C=O) groups excluding carboxylic acids is 1. The van der Waals surface area contributed by atoms with E-state index in [4.69, 9.17) is 11.6 Å². The number of nitrogens with zero attached hydrogens (tertiary/aromatic N) is 1. The third-order valence-corrected chi connectivity index (χ3v) is 4.35. The average molecular weight is 264 g/mol. The standard InChI is InChI=1S/C15H18ClNO/c1-9-7-13(9)15(18)17-5-3-4-11-8-12(16)6-10(2)14(11)17/h6,8-9,13H,3-5,7H2,1-2H3. The van der Waals surface area contributed by atoms with Crippen LogP contribution in [0.3, 0.4) is 0 Å². The van der Waals surface area contributed by atoms with E-state index in [9.17, 15) is 4.79 Å². The SMILES string of the molecule is Cc1cc(Cl)cc2c1N(C(=O)C1CC1C)CCC2. The highest BCUT2D eigenvalue weighted by Crippen LogP contribution is 2.42. The zero-order valence-electron chi connectivity index (χ0n) is 10.9. The number of anilines is 1. The van der Waals surface area contributed by atoms with Crippen LogP contribution in [0.5, 0.6) is 0 Å². The molecule has 0 spiro atoms. The lowest BCUT2D eigenvalue weighted by Crippen LogP contribution is -2.37. The first-order valence-electron chi connectivity index (χ1n) is 6.68. The van der Waals surface area contributed by atoms with Crippen LogP contribution in [0.2, 0.25) is 5.02 Å². The van der Waals surface area contributed by atoms with Gasteiger partial charge in [-0.2, -0.15) is 0 Å². The molecule has 2 nitrogen and oxygen atoms in total. The fourth-order valence-electron chi connectivity index (χ4n) is 3.01. The van der Waals surface area contributed by atoms with Gasteiger partial charge < -0.3 is 4.90 Å². The molecule has 1 aromatic carbocycles. The Morgan fingerprint density at radius 3 is 2.83 bits per heavy atom. The summed E-state index contributed by atoms with van der Waals surface area (Å²) in [5, 5.41) is 0.778. The summed E-state index contributed by atoms with van der Waals surface area (Å²) in [6.07, 6.45) is 3.12.